The van der Waals surface area contributed by atoms with Gasteiger partial charge in [-0.15, -0.1) is 5.10 Å². The van der Waals surface area contributed by atoms with Crippen molar-refractivity contribution in [1.29, 1.82) is 0 Å². The van der Waals surface area contributed by atoms with Gasteiger partial charge in [-0.05, 0) is 63.5 Å². The molecule has 1 amide bonds. The van der Waals surface area contributed by atoms with Crippen molar-refractivity contribution in [3.63, 3.8) is 0 Å². The van der Waals surface area contributed by atoms with Crippen LogP contribution in [-0.2, 0) is 22.6 Å². The molecule has 10 nitrogen and oxygen atoms in total. The number of carbonyl (C=O) groups is 1. The summed E-state index contributed by atoms with van der Waals surface area (Å²) in [5, 5.41) is 35.0. The van der Waals surface area contributed by atoms with E-state index >= 15 is 0 Å². The maximum Gasteiger partial charge on any atom is 0.251 e. The fraction of sp³-hybridized carbons (Fsp3) is 0.235. The predicted octanol–water partition coefficient (Wildman–Crippen LogP) is 5.37. The molecule has 1 aromatic heterocycles. The van der Waals surface area contributed by atoms with Gasteiger partial charge in [-0.25, -0.2) is 0 Å². The Morgan fingerprint density at radius 2 is 1.58 bits per heavy atom. The third-order valence-corrected chi connectivity index (χ3v) is 8.78. The molecule has 0 aliphatic carbocycles. The Bertz CT molecular complexity index is 1700. The van der Waals surface area contributed by atoms with Gasteiger partial charge in [-0.2, -0.15) is 4.68 Å². The minimum atomic E-state index is -0.629. The van der Waals surface area contributed by atoms with Gasteiger partial charge in [-0.1, -0.05) is 85.4 Å². The van der Waals surface area contributed by atoms with E-state index in [2.05, 4.69) is 27.8 Å². The van der Waals surface area contributed by atoms with Crippen molar-refractivity contribution in [2.75, 3.05) is 5.75 Å². The van der Waals surface area contributed by atoms with Crippen LogP contribution in [0.25, 0.3) is 5.69 Å². The van der Waals surface area contributed by atoms with Gasteiger partial charge in [0.05, 0.1) is 24.5 Å². The van der Waals surface area contributed by atoms with Crippen molar-refractivity contribution in [2.45, 2.75) is 43.7 Å². The van der Waals surface area contributed by atoms with Gasteiger partial charge in [0.1, 0.15) is 5.75 Å². The zero-order valence-corrected chi connectivity index (χ0v) is 25.4. The first-order valence-corrected chi connectivity index (χ1v) is 15.6. The van der Waals surface area contributed by atoms with E-state index in [-0.39, 0.29) is 36.4 Å². The van der Waals surface area contributed by atoms with Gasteiger partial charge in [0, 0.05) is 29.3 Å². The molecule has 0 radical (unpaired) electrons. The third-order valence-electron chi connectivity index (χ3n) is 7.78. The molecule has 0 saturated carbocycles. The number of phenolic OH excluding ortho intramolecular Hbond substituents is 1. The SMILES string of the molecule is C[C@@H]1[C@H](CSc2nnnn2-c2ccc(O)cc2)O[C@H](c2ccc(CNC(=O)c3ccccc3)cc2)O[C@@H]1c1ccc(CO)cc1. The molecule has 1 aliphatic rings. The van der Waals surface area contributed by atoms with Crippen molar-refractivity contribution in [1.82, 2.24) is 25.5 Å². The van der Waals surface area contributed by atoms with E-state index in [4.69, 9.17) is 9.47 Å². The van der Waals surface area contributed by atoms with Crippen LogP contribution in [0.3, 0.4) is 0 Å². The highest BCUT2D eigenvalue weighted by Crippen LogP contribution is 2.43. The Balaban J connectivity index is 1.18. The van der Waals surface area contributed by atoms with Gasteiger partial charge in [0.25, 0.3) is 5.91 Å². The predicted molar refractivity (Wildman–Crippen MR) is 169 cm³/mol. The number of thioether (sulfide) groups is 1. The number of rotatable bonds is 10. The Morgan fingerprint density at radius 1 is 0.889 bits per heavy atom. The molecule has 45 heavy (non-hydrogen) atoms. The smallest absolute Gasteiger partial charge is 0.251 e. The average molecular weight is 624 g/mol. The standard InChI is InChI=1S/C34H33N5O5S/c1-22-30(21-45-34-36-37-38-39(34)28-15-17-29(41)18-16-28)43-33(44-31(22)25-11-9-24(20-40)10-12-25)27-13-7-23(8-14-27)19-35-32(42)26-5-3-2-4-6-26/h2-18,22,30-31,33,40-41H,19-21H2,1H3,(H,35,42)/t22-,30+,31+,33+/m1/s1. The summed E-state index contributed by atoms with van der Waals surface area (Å²) < 4.78 is 14.8. The minimum Gasteiger partial charge on any atom is -0.508 e. The summed E-state index contributed by atoms with van der Waals surface area (Å²) in [7, 11) is 0. The fourth-order valence-electron chi connectivity index (χ4n) is 5.16. The lowest BCUT2D eigenvalue weighted by Crippen LogP contribution is -2.38. The molecule has 0 bridgehead atoms. The Morgan fingerprint density at radius 3 is 2.29 bits per heavy atom. The minimum absolute atomic E-state index is 0.0146. The number of phenols is 1. The van der Waals surface area contributed by atoms with E-state index in [1.54, 1.807) is 41.1 Å². The van der Waals surface area contributed by atoms with Gasteiger partial charge in [0.2, 0.25) is 5.16 Å². The molecule has 11 heteroatoms. The van der Waals surface area contributed by atoms with Crippen molar-refractivity contribution in [3.05, 3.63) is 131 Å². The lowest BCUT2D eigenvalue weighted by atomic mass is 9.91. The number of hydrogen-bond acceptors (Lipinski definition) is 9. The summed E-state index contributed by atoms with van der Waals surface area (Å²) in [6, 6.07) is 31.5. The third kappa shape index (κ3) is 7.23. The molecule has 6 rings (SSSR count). The molecule has 1 saturated heterocycles. The van der Waals surface area contributed by atoms with Crippen LogP contribution in [0.5, 0.6) is 5.75 Å². The second-order valence-electron chi connectivity index (χ2n) is 10.8. The number of nitrogens with one attached hydrogen (secondary N) is 1. The van der Waals surface area contributed by atoms with Crippen LogP contribution in [0.15, 0.2) is 108 Å². The summed E-state index contributed by atoms with van der Waals surface area (Å²) in [4.78, 5) is 12.5. The van der Waals surface area contributed by atoms with Crippen molar-refractivity contribution < 1.29 is 24.5 Å². The number of nitrogens with zero attached hydrogens (tertiary/aromatic N) is 4. The topological polar surface area (TPSA) is 132 Å². The van der Waals surface area contributed by atoms with Crippen LogP contribution in [0, 0.1) is 5.92 Å². The van der Waals surface area contributed by atoms with Gasteiger partial charge < -0.3 is 25.0 Å². The number of aliphatic hydroxyl groups excluding tert-OH is 1. The first-order chi connectivity index (χ1) is 22.0. The number of carbonyl (C=O) groups excluding carboxylic acids is 1. The molecule has 1 aliphatic heterocycles. The molecule has 0 spiro atoms. The average Bonchev–Trinajstić information content (AvgIpc) is 3.56. The zero-order valence-electron chi connectivity index (χ0n) is 24.6. The van der Waals surface area contributed by atoms with Crippen molar-refractivity contribution in [3.8, 4) is 11.4 Å². The maximum atomic E-state index is 12.5. The molecule has 0 unspecified atom stereocenters. The molecule has 2 heterocycles. The molecule has 230 valence electrons. The highest BCUT2D eigenvalue weighted by Gasteiger charge is 2.38. The second-order valence-corrected chi connectivity index (χ2v) is 11.8. The van der Waals surface area contributed by atoms with Crippen LogP contribution in [0.1, 0.15) is 51.9 Å². The van der Waals surface area contributed by atoms with E-state index in [0.29, 0.717) is 23.0 Å². The largest absolute Gasteiger partial charge is 0.508 e. The molecule has 5 aromatic rings. The maximum absolute atomic E-state index is 12.5. The molecular formula is C34H33N5O5S. The summed E-state index contributed by atoms with van der Waals surface area (Å²) in [6.45, 7) is 2.47. The summed E-state index contributed by atoms with van der Waals surface area (Å²) >= 11 is 1.48. The highest BCUT2D eigenvalue weighted by atomic mass is 32.2. The first-order valence-electron chi connectivity index (χ1n) is 14.6. The Hall–Kier alpha value is -4.55. The van der Waals surface area contributed by atoms with Crippen LogP contribution < -0.4 is 5.32 Å². The van der Waals surface area contributed by atoms with Gasteiger partial charge in [-0.3, -0.25) is 4.79 Å². The van der Waals surface area contributed by atoms with E-state index in [0.717, 1.165) is 27.9 Å². The quantitative estimate of drug-likeness (QED) is 0.176. The second kappa shape index (κ2) is 14.0. The van der Waals surface area contributed by atoms with Crippen LogP contribution in [0.2, 0.25) is 0 Å². The molecule has 4 atom stereocenters. The van der Waals surface area contributed by atoms with E-state index < -0.39 is 6.29 Å². The molecular weight excluding hydrogens is 590 g/mol. The van der Waals surface area contributed by atoms with E-state index in [1.165, 1.54) is 11.8 Å². The number of aliphatic hydroxyl groups is 1. The molecule has 4 aromatic carbocycles. The first kappa shape index (κ1) is 30.5. The number of benzene rings is 4. The van der Waals surface area contributed by atoms with E-state index in [9.17, 15) is 15.0 Å². The summed E-state index contributed by atoms with van der Waals surface area (Å²) in [6.07, 6.45) is -1.11. The van der Waals surface area contributed by atoms with Crippen molar-refractivity contribution in [2.24, 2.45) is 5.92 Å². The number of ether oxygens (including phenoxy) is 2. The number of aromatic nitrogens is 4. The van der Waals surface area contributed by atoms with Crippen LogP contribution >= 0.6 is 11.8 Å². The number of amides is 1. The number of tetrazole rings is 1. The highest BCUT2D eigenvalue weighted by molar-refractivity contribution is 7.99. The zero-order chi connectivity index (χ0) is 31.2. The number of hydrogen-bond donors (Lipinski definition) is 3. The fourth-order valence-corrected chi connectivity index (χ4v) is 6.21. The van der Waals surface area contributed by atoms with Crippen molar-refractivity contribution >= 4 is 17.7 Å². The summed E-state index contributed by atoms with van der Waals surface area (Å²) in [5.41, 5.74) is 5.00. The Labute approximate surface area is 265 Å². The number of aromatic hydroxyl groups is 1. The lowest BCUT2D eigenvalue weighted by Gasteiger charge is -2.41. The lowest BCUT2D eigenvalue weighted by molar-refractivity contribution is -0.268. The van der Waals surface area contributed by atoms with Gasteiger partial charge in [0.15, 0.2) is 6.29 Å². The molecule has 1 fully saturated rings. The van der Waals surface area contributed by atoms with Crippen LogP contribution in [0.4, 0.5) is 0 Å². The van der Waals surface area contributed by atoms with Crippen LogP contribution in [-0.4, -0.2) is 48.2 Å². The van der Waals surface area contributed by atoms with Gasteiger partial charge >= 0.3 is 0 Å². The Kier molecular flexibility index (Phi) is 9.51. The van der Waals surface area contributed by atoms with E-state index in [1.807, 2.05) is 66.7 Å². The normalized spacial score (nSPS) is 19.7. The summed E-state index contributed by atoms with van der Waals surface area (Å²) in [5.74, 6) is 0.590. The molecule has 3 N–H and O–H groups in total. The monoisotopic (exact) mass is 623 g/mol.